The molecular formula is C20H23NO6. The van der Waals surface area contributed by atoms with Crippen molar-refractivity contribution >= 4 is 5.97 Å². The molecule has 0 saturated heterocycles. The zero-order chi connectivity index (χ0) is 19.2. The molecule has 144 valence electrons. The van der Waals surface area contributed by atoms with Gasteiger partial charge in [0.1, 0.15) is 24.1 Å². The van der Waals surface area contributed by atoms with Crippen molar-refractivity contribution in [2.24, 2.45) is 5.73 Å². The highest BCUT2D eigenvalue weighted by atomic mass is 16.7. The van der Waals surface area contributed by atoms with Crippen LogP contribution in [0.5, 0.6) is 23.0 Å². The molecule has 0 saturated carbocycles. The van der Waals surface area contributed by atoms with Gasteiger partial charge in [0.15, 0.2) is 11.5 Å². The Morgan fingerprint density at radius 1 is 1.19 bits per heavy atom. The van der Waals surface area contributed by atoms with E-state index in [1.807, 2.05) is 30.3 Å². The fraction of sp³-hybridized carbons (Fsp3) is 0.350. The van der Waals surface area contributed by atoms with Crippen LogP contribution in [-0.4, -0.2) is 32.5 Å². The van der Waals surface area contributed by atoms with Gasteiger partial charge in [0.2, 0.25) is 6.79 Å². The van der Waals surface area contributed by atoms with E-state index in [1.54, 1.807) is 20.1 Å². The van der Waals surface area contributed by atoms with E-state index in [1.165, 1.54) is 0 Å². The summed E-state index contributed by atoms with van der Waals surface area (Å²) in [6, 6.07) is 10.3. The highest BCUT2D eigenvalue weighted by molar-refractivity contribution is 5.75. The van der Waals surface area contributed by atoms with Crippen molar-refractivity contribution in [2.45, 2.75) is 26.0 Å². The van der Waals surface area contributed by atoms with Gasteiger partial charge in [-0.15, -0.1) is 0 Å². The maximum Gasteiger partial charge on any atom is 0.323 e. The first-order valence-electron chi connectivity index (χ1n) is 8.71. The maximum atomic E-state index is 11.7. The van der Waals surface area contributed by atoms with Gasteiger partial charge in [0.25, 0.3) is 0 Å². The first-order chi connectivity index (χ1) is 13.1. The van der Waals surface area contributed by atoms with Gasteiger partial charge in [-0.2, -0.15) is 0 Å². The minimum Gasteiger partial charge on any atom is -0.496 e. The predicted octanol–water partition coefficient (Wildman–Crippen LogP) is 2.44. The Hall–Kier alpha value is -2.93. The summed E-state index contributed by atoms with van der Waals surface area (Å²) in [6.45, 7) is 2.58. The van der Waals surface area contributed by atoms with Crippen molar-refractivity contribution in [3.05, 3.63) is 47.5 Å². The number of fused-ring (bicyclic) bond motifs is 1. The lowest BCUT2D eigenvalue weighted by atomic mass is 10.0. The molecule has 1 heterocycles. The molecule has 1 aliphatic rings. The molecule has 2 aromatic carbocycles. The largest absolute Gasteiger partial charge is 0.496 e. The topological polar surface area (TPSA) is 89.2 Å². The zero-order valence-electron chi connectivity index (χ0n) is 15.4. The summed E-state index contributed by atoms with van der Waals surface area (Å²) in [5.74, 6) is 2.31. The summed E-state index contributed by atoms with van der Waals surface area (Å²) >= 11 is 0. The van der Waals surface area contributed by atoms with E-state index in [4.69, 9.17) is 29.4 Å². The molecule has 0 radical (unpaired) electrons. The molecule has 1 atom stereocenters. The summed E-state index contributed by atoms with van der Waals surface area (Å²) in [7, 11) is 1.60. The number of hydrogen-bond donors (Lipinski definition) is 1. The Labute approximate surface area is 157 Å². The SMILES string of the molecule is CCOC(=O)C(N)Cc1ccc(OC)c(COc2ccc3c(c2)OCO3)c1. The van der Waals surface area contributed by atoms with Crippen LogP contribution in [0.1, 0.15) is 18.1 Å². The van der Waals surface area contributed by atoms with Crippen LogP contribution in [-0.2, 0) is 22.6 Å². The number of esters is 1. The second kappa shape index (κ2) is 8.64. The second-order valence-corrected chi connectivity index (χ2v) is 6.01. The van der Waals surface area contributed by atoms with Gasteiger partial charge >= 0.3 is 5.97 Å². The van der Waals surface area contributed by atoms with E-state index in [2.05, 4.69) is 0 Å². The molecule has 7 heteroatoms. The van der Waals surface area contributed by atoms with Crippen molar-refractivity contribution in [3.8, 4) is 23.0 Å². The van der Waals surface area contributed by atoms with Crippen LogP contribution in [0, 0.1) is 0 Å². The Bertz CT molecular complexity index is 807. The lowest BCUT2D eigenvalue weighted by Gasteiger charge is -2.14. The van der Waals surface area contributed by atoms with Gasteiger partial charge in [-0.05, 0) is 43.2 Å². The molecular weight excluding hydrogens is 350 g/mol. The Morgan fingerprint density at radius 3 is 2.78 bits per heavy atom. The molecule has 27 heavy (non-hydrogen) atoms. The Kier molecular flexibility index (Phi) is 6.03. The summed E-state index contributed by atoms with van der Waals surface area (Å²) < 4.78 is 26.9. The van der Waals surface area contributed by atoms with Gasteiger partial charge in [-0.1, -0.05) is 6.07 Å². The monoisotopic (exact) mass is 373 g/mol. The predicted molar refractivity (Wildman–Crippen MR) is 98.2 cm³/mol. The molecule has 2 N–H and O–H groups in total. The van der Waals surface area contributed by atoms with E-state index >= 15 is 0 Å². The molecule has 0 bridgehead atoms. The maximum absolute atomic E-state index is 11.7. The molecule has 0 amide bonds. The molecule has 1 aliphatic heterocycles. The van der Waals surface area contributed by atoms with Crippen LogP contribution in [0.15, 0.2) is 36.4 Å². The lowest BCUT2D eigenvalue weighted by molar-refractivity contribution is -0.144. The number of carbonyl (C=O) groups excluding carboxylic acids is 1. The van der Waals surface area contributed by atoms with Crippen LogP contribution >= 0.6 is 0 Å². The Morgan fingerprint density at radius 2 is 2.00 bits per heavy atom. The van der Waals surface area contributed by atoms with E-state index in [9.17, 15) is 4.79 Å². The number of hydrogen-bond acceptors (Lipinski definition) is 7. The number of carbonyl (C=O) groups is 1. The third kappa shape index (κ3) is 4.62. The third-order valence-corrected chi connectivity index (χ3v) is 4.13. The van der Waals surface area contributed by atoms with Gasteiger partial charge in [0.05, 0.1) is 13.7 Å². The van der Waals surface area contributed by atoms with Crippen LogP contribution in [0.25, 0.3) is 0 Å². The average molecular weight is 373 g/mol. The molecule has 0 aliphatic carbocycles. The van der Waals surface area contributed by atoms with Crippen molar-refractivity contribution in [3.63, 3.8) is 0 Å². The smallest absolute Gasteiger partial charge is 0.323 e. The quantitative estimate of drug-likeness (QED) is 0.711. The van der Waals surface area contributed by atoms with Gasteiger partial charge < -0.3 is 29.4 Å². The number of methoxy groups -OCH3 is 1. The standard InChI is InChI=1S/C20H23NO6/c1-3-24-20(22)16(21)9-13-4-6-17(23-2)14(8-13)11-25-15-5-7-18-19(10-15)27-12-26-18/h4-8,10,16H,3,9,11-12,21H2,1-2H3. The summed E-state index contributed by atoms with van der Waals surface area (Å²) in [5.41, 5.74) is 7.66. The number of nitrogens with two attached hydrogens (primary N) is 1. The van der Waals surface area contributed by atoms with E-state index in [0.717, 1.165) is 11.1 Å². The van der Waals surface area contributed by atoms with Gasteiger partial charge in [0, 0.05) is 11.6 Å². The summed E-state index contributed by atoms with van der Waals surface area (Å²) in [5, 5.41) is 0. The van der Waals surface area contributed by atoms with Crippen molar-refractivity contribution < 1.29 is 28.5 Å². The second-order valence-electron chi connectivity index (χ2n) is 6.01. The minimum absolute atomic E-state index is 0.218. The number of benzene rings is 2. The first-order valence-corrected chi connectivity index (χ1v) is 8.71. The third-order valence-electron chi connectivity index (χ3n) is 4.13. The average Bonchev–Trinajstić information content (AvgIpc) is 3.14. The number of ether oxygens (including phenoxy) is 5. The van der Waals surface area contributed by atoms with Gasteiger partial charge in [-0.25, -0.2) is 0 Å². The van der Waals surface area contributed by atoms with Crippen LogP contribution in [0.3, 0.4) is 0 Å². The molecule has 3 rings (SSSR count). The molecule has 1 unspecified atom stereocenters. The van der Waals surface area contributed by atoms with Crippen LogP contribution in [0.4, 0.5) is 0 Å². The molecule has 7 nitrogen and oxygen atoms in total. The zero-order valence-corrected chi connectivity index (χ0v) is 15.4. The van der Waals surface area contributed by atoms with E-state index in [-0.39, 0.29) is 6.79 Å². The molecule has 2 aromatic rings. The van der Waals surface area contributed by atoms with Gasteiger partial charge in [-0.3, -0.25) is 4.79 Å². The van der Waals surface area contributed by atoms with Crippen molar-refractivity contribution in [2.75, 3.05) is 20.5 Å². The fourth-order valence-electron chi connectivity index (χ4n) is 2.79. The molecule has 0 fully saturated rings. The van der Waals surface area contributed by atoms with Crippen LogP contribution in [0.2, 0.25) is 0 Å². The fourth-order valence-corrected chi connectivity index (χ4v) is 2.79. The molecule has 0 spiro atoms. The van der Waals surface area contributed by atoms with Crippen molar-refractivity contribution in [1.29, 1.82) is 0 Å². The van der Waals surface area contributed by atoms with Crippen LogP contribution < -0.4 is 24.7 Å². The minimum atomic E-state index is -0.707. The normalized spacial score (nSPS) is 13.1. The highest BCUT2D eigenvalue weighted by Crippen LogP contribution is 2.35. The summed E-state index contributed by atoms with van der Waals surface area (Å²) in [6.07, 6.45) is 0.375. The highest BCUT2D eigenvalue weighted by Gasteiger charge is 2.17. The first kappa shape index (κ1) is 18.8. The number of rotatable bonds is 8. The summed E-state index contributed by atoms with van der Waals surface area (Å²) in [4.78, 5) is 11.7. The Balaban J connectivity index is 1.69. The van der Waals surface area contributed by atoms with E-state index in [0.29, 0.717) is 42.6 Å². The van der Waals surface area contributed by atoms with Crippen molar-refractivity contribution in [1.82, 2.24) is 0 Å². The molecule has 0 aromatic heterocycles. The lowest BCUT2D eigenvalue weighted by Crippen LogP contribution is -2.34. The van der Waals surface area contributed by atoms with E-state index < -0.39 is 12.0 Å².